The Labute approximate surface area is 161 Å². The average Bonchev–Trinajstić information content (AvgIpc) is 3.18. The number of nitro groups is 1. The molecule has 0 unspecified atom stereocenters. The van der Waals surface area contributed by atoms with Crippen molar-refractivity contribution in [3.8, 4) is 0 Å². The van der Waals surface area contributed by atoms with E-state index in [1.54, 1.807) is 23.3 Å². The van der Waals surface area contributed by atoms with Gasteiger partial charge in [0, 0.05) is 18.2 Å². The molecule has 1 amide bonds. The highest BCUT2D eigenvalue weighted by atomic mass is 35.5. The zero-order chi connectivity index (χ0) is 19.2. The normalized spacial score (nSPS) is 10.6. The number of halogens is 1. The van der Waals surface area contributed by atoms with Gasteiger partial charge in [-0.15, -0.1) is 0 Å². The van der Waals surface area contributed by atoms with E-state index in [1.165, 1.54) is 18.2 Å². The lowest BCUT2D eigenvalue weighted by molar-refractivity contribution is -0.384. The molecular formula is C20H17ClN2O4. The molecule has 0 atom stereocenters. The fraction of sp³-hybridized carbons (Fsp3) is 0.150. The van der Waals surface area contributed by atoms with Crippen LogP contribution in [0.25, 0.3) is 0 Å². The summed E-state index contributed by atoms with van der Waals surface area (Å²) in [5.74, 6) is 0.321. The minimum atomic E-state index is -0.597. The maximum atomic E-state index is 13.0. The monoisotopic (exact) mass is 384 g/mol. The number of carbonyl (C=O) groups is 1. The van der Waals surface area contributed by atoms with E-state index in [1.807, 2.05) is 30.3 Å². The molecule has 0 radical (unpaired) electrons. The fourth-order valence-corrected chi connectivity index (χ4v) is 2.91. The van der Waals surface area contributed by atoms with E-state index >= 15 is 0 Å². The molecule has 27 heavy (non-hydrogen) atoms. The summed E-state index contributed by atoms with van der Waals surface area (Å²) in [6.45, 7) is 0.717. The van der Waals surface area contributed by atoms with Crippen molar-refractivity contribution >= 4 is 23.2 Å². The van der Waals surface area contributed by atoms with Gasteiger partial charge in [0.25, 0.3) is 11.6 Å². The van der Waals surface area contributed by atoms with Crippen LogP contribution < -0.4 is 0 Å². The van der Waals surface area contributed by atoms with Gasteiger partial charge in [-0.3, -0.25) is 14.9 Å². The van der Waals surface area contributed by atoms with Gasteiger partial charge in [-0.05, 0) is 36.2 Å². The zero-order valence-corrected chi connectivity index (χ0v) is 15.1. The van der Waals surface area contributed by atoms with Crippen LogP contribution in [-0.2, 0) is 13.0 Å². The van der Waals surface area contributed by atoms with Crippen LogP contribution in [0, 0.1) is 10.1 Å². The van der Waals surface area contributed by atoms with Gasteiger partial charge in [-0.2, -0.15) is 0 Å². The SMILES string of the molecule is O=C(c1ccc(Cl)c([N+](=O)[O-])c1)N(CCc1ccccc1)Cc1ccco1. The Morgan fingerprint density at radius 1 is 1.11 bits per heavy atom. The Bertz CT molecular complexity index is 926. The number of nitrogens with zero attached hydrogens (tertiary/aromatic N) is 2. The number of rotatable bonds is 7. The molecule has 0 spiro atoms. The van der Waals surface area contributed by atoms with E-state index in [9.17, 15) is 14.9 Å². The first-order chi connectivity index (χ1) is 13.0. The Hall–Kier alpha value is -3.12. The van der Waals surface area contributed by atoms with E-state index < -0.39 is 4.92 Å². The molecule has 0 saturated carbocycles. The lowest BCUT2D eigenvalue weighted by Crippen LogP contribution is -2.32. The molecule has 0 bridgehead atoms. The number of nitro benzene ring substituents is 1. The molecule has 2 aromatic carbocycles. The van der Waals surface area contributed by atoms with Crippen molar-refractivity contribution in [3.05, 3.63) is 99.0 Å². The molecule has 0 aliphatic rings. The van der Waals surface area contributed by atoms with Crippen LogP contribution in [0.2, 0.25) is 5.02 Å². The summed E-state index contributed by atoms with van der Waals surface area (Å²) in [7, 11) is 0. The van der Waals surface area contributed by atoms with Crippen LogP contribution in [0.5, 0.6) is 0 Å². The van der Waals surface area contributed by atoms with Crippen LogP contribution in [-0.4, -0.2) is 22.3 Å². The standard InChI is InChI=1S/C20H17ClN2O4/c21-18-9-8-16(13-19(18)23(25)26)20(24)22(14-17-7-4-12-27-17)11-10-15-5-2-1-3-6-15/h1-9,12-13H,10-11,14H2. The van der Waals surface area contributed by atoms with Gasteiger partial charge < -0.3 is 9.32 Å². The number of hydrogen-bond donors (Lipinski definition) is 0. The van der Waals surface area contributed by atoms with E-state index in [-0.39, 0.29) is 28.7 Å². The fourth-order valence-electron chi connectivity index (χ4n) is 2.72. The van der Waals surface area contributed by atoms with Crippen LogP contribution in [0.1, 0.15) is 21.7 Å². The van der Waals surface area contributed by atoms with Crippen LogP contribution in [0.15, 0.2) is 71.3 Å². The third-order valence-electron chi connectivity index (χ3n) is 4.12. The molecule has 6 nitrogen and oxygen atoms in total. The largest absolute Gasteiger partial charge is 0.467 e. The van der Waals surface area contributed by atoms with Gasteiger partial charge >= 0.3 is 0 Å². The lowest BCUT2D eigenvalue weighted by Gasteiger charge is -2.22. The second kappa shape index (κ2) is 8.51. The number of furan rings is 1. The first-order valence-corrected chi connectivity index (χ1v) is 8.72. The highest BCUT2D eigenvalue weighted by Gasteiger charge is 2.21. The summed E-state index contributed by atoms with van der Waals surface area (Å²) >= 11 is 5.85. The summed E-state index contributed by atoms with van der Waals surface area (Å²) in [6, 6.07) is 17.4. The van der Waals surface area contributed by atoms with Gasteiger partial charge in [0.15, 0.2) is 0 Å². The second-order valence-corrected chi connectivity index (χ2v) is 6.37. The van der Waals surface area contributed by atoms with Gasteiger partial charge in [-0.25, -0.2) is 0 Å². The number of benzene rings is 2. The van der Waals surface area contributed by atoms with E-state index in [0.717, 1.165) is 5.56 Å². The molecule has 3 aromatic rings. The van der Waals surface area contributed by atoms with E-state index in [4.69, 9.17) is 16.0 Å². The third-order valence-corrected chi connectivity index (χ3v) is 4.44. The quantitative estimate of drug-likeness (QED) is 0.436. The number of carbonyl (C=O) groups excluding carboxylic acids is 1. The summed E-state index contributed by atoms with van der Waals surface area (Å²) < 4.78 is 5.36. The first-order valence-electron chi connectivity index (χ1n) is 8.34. The molecule has 1 heterocycles. The van der Waals surface area contributed by atoms with Crippen molar-refractivity contribution in [2.75, 3.05) is 6.54 Å². The van der Waals surface area contributed by atoms with Gasteiger partial charge in [0.2, 0.25) is 0 Å². The third kappa shape index (κ3) is 4.74. The van der Waals surface area contributed by atoms with E-state index in [2.05, 4.69) is 0 Å². The Kier molecular flexibility index (Phi) is 5.88. The molecule has 138 valence electrons. The Morgan fingerprint density at radius 3 is 2.56 bits per heavy atom. The van der Waals surface area contributed by atoms with Gasteiger partial charge in [-0.1, -0.05) is 41.9 Å². The van der Waals surface area contributed by atoms with Crippen molar-refractivity contribution in [2.24, 2.45) is 0 Å². The molecular weight excluding hydrogens is 368 g/mol. The Balaban J connectivity index is 1.83. The van der Waals surface area contributed by atoms with Crippen LogP contribution in [0.4, 0.5) is 5.69 Å². The predicted octanol–water partition coefficient (Wildman–Crippen LogP) is 4.73. The molecule has 0 aliphatic carbocycles. The molecule has 0 N–H and O–H groups in total. The number of hydrogen-bond acceptors (Lipinski definition) is 4. The van der Waals surface area contributed by atoms with Crippen molar-refractivity contribution < 1.29 is 14.1 Å². The maximum absolute atomic E-state index is 13.0. The van der Waals surface area contributed by atoms with Gasteiger partial charge in [0.1, 0.15) is 10.8 Å². The molecule has 0 aliphatic heterocycles. The minimum absolute atomic E-state index is 0.00146. The van der Waals surface area contributed by atoms with Gasteiger partial charge in [0.05, 0.1) is 17.7 Å². The summed E-state index contributed by atoms with van der Waals surface area (Å²) in [6.07, 6.45) is 2.20. The molecule has 0 saturated heterocycles. The second-order valence-electron chi connectivity index (χ2n) is 5.96. The maximum Gasteiger partial charge on any atom is 0.288 e. The minimum Gasteiger partial charge on any atom is -0.467 e. The first kappa shape index (κ1) is 18.7. The van der Waals surface area contributed by atoms with Crippen molar-refractivity contribution in [3.63, 3.8) is 0 Å². The summed E-state index contributed by atoms with van der Waals surface area (Å²) in [5.41, 5.74) is 1.02. The zero-order valence-electron chi connectivity index (χ0n) is 14.4. The smallest absolute Gasteiger partial charge is 0.288 e. The van der Waals surface area contributed by atoms with Crippen molar-refractivity contribution in [1.82, 2.24) is 4.90 Å². The topological polar surface area (TPSA) is 76.6 Å². The van der Waals surface area contributed by atoms with Crippen molar-refractivity contribution in [1.29, 1.82) is 0 Å². The predicted molar refractivity (Wildman–Crippen MR) is 102 cm³/mol. The molecule has 0 fully saturated rings. The lowest BCUT2D eigenvalue weighted by atomic mass is 10.1. The molecule has 7 heteroatoms. The van der Waals surface area contributed by atoms with E-state index in [0.29, 0.717) is 18.7 Å². The summed E-state index contributed by atoms with van der Waals surface area (Å²) in [5, 5.41) is 11.1. The highest BCUT2D eigenvalue weighted by molar-refractivity contribution is 6.32. The highest BCUT2D eigenvalue weighted by Crippen LogP contribution is 2.26. The average molecular weight is 385 g/mol. The van der Waals surface area contributed by atoms with Crippen molar-refractivity contribution in [2.45, 2.75) is 13.0 Å². The Morgan fingerprint density at radius 2 is 1.89 bits per heavy atom. The van der Waals surface area contributed by atoms with Crippen LogP contribution in [0.3, 0.4) is 0 Å². The summed E-state index contributed by atoms with van der Waals surface area (Å²) in [4.78, 5) is 25.1. The van der Waals surface area contributed by atoms with Crippen LogP contribution >= 0.6 is 11.6 Å². The molecule has 1 aromatic heterocycles. The molecule has 3 rings (SSSR count). The number of amides is 1.